The monoisotopic (exact) mass is 228 g/mol. The second-order valence-corrected chi connectivity index (χ2v) is 3.63. The van der Waals surface area contributed by atoms with Gasteiger partial charge in [-0.3, -0.25) is 0 Å². The molecule has 0 aliphatic carbocycles. The molecule has 15 heavy (non-hydrogen) atoms. The van der Waals surface area contributed by atoms with Crippen molar-refractivity contribution in [2.24, 2.45) is 0 Å². The molecule has 4 heteroatoms. The summed E-state index contributed by atoms with van der Waals surface area (Å²) in [6.45, 7) is 1.91. The Balaban J connectivity index is 2.69. The summed E-state index contributed by atoms with van der Waals surface area (Å²) in [5, 5.41) is 9.41. The predicted octanol–water partition coefficient (Wildman–Crippen LogP) is 2.97. The number of benzene rings is 1. The van der Waals surface area contributed by atoms with Crippen LogP contribution in [0.3, 0.4) is 0 Å². The maximum Gasteiger partial charge on any atom is 0.344 e. The zero-order chi connectivity index (χ0) is 11.3. The highest BCUT2D eigenvalue weighted by Crippen LogP contribution is 2.19. The SMILES string of the molecule is CCC[C@@H](Oc1cccc(Cl)c1)C(=O)O. The lowest BCUT2D eigenvalue weighted by atomic mass is 10.2. The van der Waals surface area contributed by atoms with E-state index in [0.717, 1.165) is 6.42 Å². The Morgan fingerprint density at radius 1 is 1.60 bits per heavy atom. The third-order valence-corrected chi connectivity index (χ3v) is 2.14. The number of hydrogen-bond acceptors (Lipinski definition) is 2. The molecular weight excluding hydrogens is 216 g/mol. The normalized spacial score (nSPS) is 12.1. The van der Waals surface area contributed by atoms with E-state index in [4.69, 9.17) is 21.4 Å². The molecule has 0 unspecified atom stereocenters. The van der Waals surface area contributed by atoms with Crippen molar-refractivity contribution in [1.82, 2.24) is 0 Å². The van der Waals surface area contributed by atoms with Gasteiger partial charge in [0, 0.05) is 5.02 Å². The van der Waals surface area contributed by atoms with Crippen LogP contribution in [0.5, 0.6) is 5.75 Å². The van der Waals surface area contributed by atoms with Gasteiger partial charge < -0.3 is 9.84 Å². The van der Waals surface area contributed by atoms with Crippen LogP contribution in [0.2, 0.25) is 5.02 Å². The third kappa shape index (κ3) is 3.80. The molecule has 1 aromatic carbocycles. The number of aliphatic carboxylic acids is 1. The molecular formula is C11H13ClO3. The first-order valence-electron chi connectivity index (χ1n) is 4.78. The maximum absolute atomic E-state index is 10.8. The fourth-order valence-electron chi connectivity index (χ4n) is 1.20. The van der Waals surface area contributed by atoms with E-state index < -0.39 is 12.1 Å². The van der Waals surface area contributed by atoms with Crippen molar-refractivity contribution < 1.29 is 14.6 Å². The molecule has 1 aromatic rings. The number of carboxylic acids is 1. The van der Waals surface area contributed by atoms with Gasteiger partial charge in [0.05, 0.1) is 0 Å². The van der Waals surface area contributed by atoms with E-state index in [2.05, 4.69) is 0 Å². The molecule has 1 atom stereocenters. The number of carboxylic acid groups (broad SMARTS) is 1. The summed E-state index contributed by atoms with van der Waals surface area (Å²) in [5.74, 6) is -0.458. The molecule has 0 saturated heterocycles. The summed E-state index contributed by atoms with van der Waals surface area (Å²) >= 11 is 5.76. The summed E-state index contributed by atoms with van der Waals surface area (Å²) in [6.07, 6.45) is 0.452. The smallest absolute Gasteiger partial charge is 0.344 e. The molecule has 1 rings (SSSR count). The molecule has 0 fully saturated rings. The molecule has 3 nitrogen and oxygen atoms in total. The Kier molecular flexibility index (Phi) is 4.43. The highest BCUT2D eigenvalue weighted by Gasteiger charge is 2.17. The van der Waals surface area contributed by atoms with Crippen LogP contribution in [0.15, 0.2) is 24.3 Å². The fourth-order valence-corrected chi connectivity index (χ4v) is 1.38. The van der Waals surface area contributed by atoms with Crippen molar-refractivity contribution >= 4 is 17.6 Å². The minimum Gasteiger partial charge on any atom is -0.479 e. The van der Waals surface area contributed by atoms with Gasteiger partial charge in [-0.2, -0.15) is 0 Å². The Labute approximate surface area is 93.6 Å². The number of halogens is 1. The minimum absolute atomic E-state index is 0.488. The molecule has 0 aliphatic heterocycles. The number of ether oxygens (including phenoxy) is 1. The Hall–Kier alpha value is -1.22. The number of rotatable bonds is 5. The van der Waals surface area contributed by atoms with Gasteiger partial charge in [-0.25, -0.2) is 4.79 Å². The first-order valence-corrected chi connectivity index (χ1v) is 5.16. The second-order valence-electron chi connectivity index (χ2n) is 3.19. The van der Waals surface area contributed by atoms with Crippen LogP contribution in [-0.4, -0.2) is 17.2 Å². The number of carbonyl (C=O) groups is 1. The maximum atomic E-state index is 10.8. The quantitative estimate of drug-likeness (QED) is 0.843. The molecule has 0 aromatic heterocycles. The van der Waals surface area contributed by atoms with Crippen LogP contribution in [0.4, 0.5) is 0 Å². The largest absolute Gasteiger partial charge is 0.479 e. The van der Waals surface area contributed by atoms with Crippen LogP contribution >= 0.6 is 11.6 Å². The van der Waals surface area contributed by atoms with Gasteiger partial charge in [0.2, 0.25) is 0 Å². The topological polar surface area (TPSA) is 46.5 Å². The van der Waals surface area contributed by atoms with Gasteiger partial charge in [-0.05, 0) is 24.6 Å². The summed E-state index contributed by atoms with van der Waals surface area (Å²) in [4.78, 5) is 10.8. The standard InChI is InChI=1S/C11H13ClO3/c1-2-4-10(11(13)14)15-9-6-3-5-8(12)7-9/h3,5-7,10H,2,4H2,1H3,(H,13,14)/t10-/m1/s1. The second kappa shape index (κ2) is 5.61. The van der Waals surface area contributed by atoms with Gasteiger partial charge >= 0.3 is 5.97 Å². The van der Waals surface area contributed by atoms with E-state index in [-0.39, 0.29) is 0 Å². The van der Waals surface area contributed by atoms with Gasteiger partial charge in [-0.1, -0.05) is 31.0 Å². The average Bonchev–Trinajstić information content (AvgIpc) is 2.17. The average molecular weight is 229 g/mol. The predicted molar refractivity (Wildman–Crippen MR) is 58.4 cm³/mol. The van der Waals surface area contributed by atoms with E-state index in [9.17, 15) is 4.79 Å². The van der Waals surface area contributed by atoms with Crippen molar-refractivity contribution in [2.75, 3.05) is 0 Å². The van der Waals surface area contributed by atoms with E-state index in [1.807, 2.05) is 6.92 Å². The van der Waals surface area contributed by atoms with Crippen LogP contribution in [0, 0.1) is 0 Å². The molecule has 82 valence electrons. The molecule has 1 N–H and O–H groups in total. The van der Waals surface area contributed by atoms with E-state index in [1.165, 1.54) is 0 Å². The first kappa shape index (κ1) is 11.9. The van der Waals surface area contributed by atoms with Crippen molar-refractivity contribution in [1.29, 1.82) is 0 Å². The molecule has 0 bridgehead atoms. The highest BCUT2D eigenvalue weighted by molar-refractivity contribution is 6.30. The number of hydrogen-bond donors (Lipinski definition) is 1. The van der Waals surface area contributed by atoms with Gasteiger partial charge in [0.15, 0.2) is 6.10 Å². The molecule has 0 saturated carbocycles. The molecule has 0 aliphatic rings. The van der Waals surface area contributed by atoms with E-state index >= 15 is 0 Å². The lowest BCUT2D eigenvalue weighted by molar-refractivity contribution is -0.145. The van der Waals surface area contributed by atoms with Crippen molar-refractivity contribution in [3.63, 3.8) is 0 Å². The van der Waals surface area contributed by atoms with Gasteiger partial charge in [0.1, 0.15) is 5.75 Å². The van der Waals surface area contributed by atoms with Crippen molar-refractivity contribution in [3.05, 3.63) is 29.3 Å². The van der Waals surface area contributed by atoms with E-state index in [1.54, 1.807) is 24.3 Å². The van der Waals surface area contributed by atoms with Gasteiger partial charge in [-0.15, -0.1) is 0 Å². The molecule has 0 radical (unpaired) electrons. The fraction of sp³-hybridized carbons (Fsp3) is 0.364. The zero-order valence-corrected chi connectivity index (χ0v) is 9.20. The molecule has 0 spiro atoms. The zero-order valence-electron chi connectivity index (χ0n) is 8.44. The van der Waals surface area contributed by atoms with Crippen LogP contribution in [0.25, 0.3) is 0 Å². The third-order valence-electron chi connectivity index (χ3n) is 1.90. The Morgan fingerprint density at radius 3 is 2.87 bits per heavy atom. The van der Waals surface area contributed by atoms with Gasteiger partial charge in [0.25, 0.3) is 0 Å². The lowest BCUT2D eigenvalue weighted by Gasteiger charge is -2.14. The summed E-state index contributed by atoms with van der Waals surface area (Å²) in [5.41, 5.74) is 0. The molecule has 0 amide bonds. The lowest BCUT2D eigenvalue weighted by Crippen LogP contribution is -2.26. The summed E-state index contributed by atoms with van der Waals surface area (Å²) in [7, 11) is 0. The minimum atomic E-state index is -0.947. The Bertz CT molecular complexity index is 338. The molecule has 0 heterocycles. The summed E-state index contributed by atoms with van der Waals surface area (Å²) in [6, 6.07) is 6.73. The van der Waals surface area contributed by atoms with Crippen LogP contribution in [0.1, 0.15) is 19.8 Å². The van der Waals surface area contributed by atoms with E-state index in [0.29, 0.717) is 17.2 Å². The van der Waals surface area contributed by atoms with Crippen LogP contribution in [-0.2, 0) is 4.79 Å². The highest BCUT2D eigenvalue weighted by atomic mass is 35.5. The summed E-state index contributed by atoms with van der Waals surface area (Å²) < 4.78 is 5.31. The van der Waals surface area contributed by atoms with Crippen molar-refractivity contribution in [3.8, 4) is 5.75 Å². The Morgan fingerprint density at radius 2 is 2.33 bits per heavy atom. The first-order chi connectivity index (χ1) is 7.13. The van der Waals surface area contributed by atoms with Crippen molar-refractivity contribution in [2.45, 2.75) is 25.9 Å². The van der Waals surface area contributed by atoms with Crippen LogP contribution < -0.4 is 4.74 Å².